The summed E-state index contributed by atoms with van der Waals surface area (Å²) in [7, 11) is 0. The van der Waals surface area contributed by atoms with E-state index in [2.05, 4.69) is 29.6 Å². The van der Waals surface area contributed by atoms with Crippen LogP contribution in [0.1, 0.15) is 42.7 Å². The molecule has 180 valence electrons. The molecule has 2 aromatic carbocycles. The molecule has 0 aromatic heterocycles. The Labute approximate surface area is 198 Å². The van der Waals surface area contributed by atoms with Crippen molar-refractivity contribution >= 4 is 18.0 Å². The van der Waals surface area contributed by atoms with Gasteiger partial charge in [0.05, 0.1) is 6.61 Å². The second kappa shape index (κ2) is 10.7. The number of aliphatic hydroxyl groups excluding tert-OH is 1. The third-order valence-corrected chi connectivity index (χ3v) is 6.75. The van der Waals surface area contributed by atoms with Crippen molar-refractivity contribution in [2.24, 2.45) is 5.92 Å². The van der Waals surface area contributed by atoms with E-state index in [4.69, 9.17) is 14.9 Å². The van der Waals surface area contributed by atoms with Crippen LogP contribution < -0.4 is 5.32 Å². The van der Waals surface area contributed by atoms with Crippen molar-refractivity contribution in [2.45, 2.75) is 37.6 Å². The number of ether oxygens (including phenoxy) is 1. The fourth-order valence-electron chi connectivity index (χ4n) is 5.10. The van der Waals surface area contributed by atoms with Gasteiger partial charge in [0.2, 0.25) is 5.91 Å². The zero-order valence-corrected chi connectivity index (χ0v) is 19.0. The Morgan fingerprint density at radius 1 is 0.941 bits per heavy atom. The summed E-state index contributed by atoms with van der Waals surface area (Å²) >= 11 is 0. The number of aliphatic carboxylic acids is 1. The van der Waals surface area contributed by atoms with Gasteiger partial charge in [-0.15, -0.1) is 0 Å². The number of carbonyl (C=O) groups is 3. The molecule has 1 fully saturated rings. The van der Waals surface area contributed by atoms with Crippen molar-refractivity contribution in [3.63, 3.8) is 0 Å². The van der Waals surface area contributed by atoms with Crippen molar-refractivity contribution in [1.82, 2.24) is 10.2 Å². The lowest BCUT2D eigenvalue weighted by Gasteiger charge is -2.31. The van der Waals surface area contributed by atoms with Gasteiger partial charge in [0.1, 0.15) is 13.2 Å². The normalized spacial score (nSPS) is 19.1. The lowest BCUT2D eigenvalue weighted by molar-refractivity contribution is -0.147. The number of aliphatic hydroxyl groups is 1. The zero-order valence-electron chi connectivity index (χ0n) is 19.0. The Balaban J connectivity index is 1.28. The van der Waals surface area contributed by atoms with Gasteiger partial charge in [0, 0.05) is 24.4 Å². The monoisotopic (exact) mass is 466 g/mol. The molecule has 2 amide bonds. The number of carbonyl (C=O) groups excluding carboxylic acids is 2. The maximum absolute atomic E-state index is 12.6. The summed E-state index contributed by atoms with van der Waals surface area (Å²) in [4.78, 5) is 37.4. The molecule has 0 radical (unpaired) electrons. The largest absolute Gasteiger partial charge is 0.480 e. The third-order valence-electron chi connectivity index (χ3n) is 6.75. The summed E-state index contributed by atoms with van der Waals surface area (Å²) in [6.07, 6.45) is 1.86. The molecule has 8 heteroatoms. The number of carboxylic acids is 1. The van der Waals surface area contributed by atoms with Gasteiger partial charge in [0.15, 0.2) is 0 Å². The smallest absolute Gasteiger partial charge is 0.407 e. The Hall–Kier alpha value is -3.39. The first-order valence-corrected chi connectivity index (χ1v) is 11.7. The number of alkyl carbamates (subject to hydrolysis) is 1. The minimum absolute atomic E-state index is 0.00162. The fourth-order valence-corrected chi connectivity index (χ4v) is 5.10. The first kappa shape index (κ1) is 23.8. The second-order valence-electron chi connectivity index (χ2n) is 8.90. The highest BCUT2D eigenvalue weighted by atomic mass is 16.5. The average molecular weight is 467 g/mol. The molecule has 0 saturated heterocycles. The van der Waals surface area contributed by atoms with Crippen molar-refractivity contribution in [2.75, 3.05) is 26.3 Å². The lowest BCUT2D eigenvalue weighted by atomic mass is 9.85. The summed E-state index contributed by atoms with van der Waals surface area (Å²) in [5.74, 6) is -1.66. The van der Waals surface area contributed by atoms with Crippen LogP contribution in [0, 0.1) is 5.92 Å². The number of fused-ring (bicyclic) bond motifs is 3. The lowest BCUT2D eigenvalue weighted by Crippen LogP contribution is -2.44. The first-order chi connectivity index (χ1) is 16.5. The molecule has 0 aliphatic heterocycles. The van der Waals surface area contributed by atoms with Gasteiger partial charge in [0.25, 0.3) is 0 Å². The van der Waals surface area contributed by atoms with Crippen LogP contribution in [0.2, 0.25) is 0 Å². The van der Waals surface area contributed by atoms with Gasteiger partial charge in [-0.1, -0.05) is 48.5 Å². The van der Waals surface area contributed by atoms with Crippen LogP contribution in [-0.2, 0) is 14.3 Å². The summed E-state index contributed by atoms with van der Waals surface area (Å²) in [5, 5.41) is 21.0. The van der Waals surface area contributed by atoms with Gasteiger partial charge >= 0.3 is 12.1 Å². The average Bonchev–Trinajstić information content (AvgIpc) is 3.16. The maximum atomic E-state index is 12.6. The zero-order chi connectivity index (χ0) is 24.1. The molecule has 0 bridgehead atoms. The predicted molar refractivity (Wildman–Crippen MR) is 125 cm³/mol. The molecule has 3 N–H and O–H groups in total. The highest BCUT2D eigenvalue weighted by Crippen LogP contribution is 2.44. The Kier molecular flexibility index (Phi) is 7.47. The topological polar surface area (TPSA) is 116 Å². The number of nitrogens with zero attached hydrogens (tertiary/aromatic N) is 1. The number of hydrogen-bond acceptors (Lipinski definition) is 5. The number of hydrogen-bond donors (Lipinski definition) is 3. The molecule has 8 nitrogen and oxygen atoms in total. The van der Waals surface area contributed by atoms with Gasteiger partial charge in [-0.2, -0.15) is 0 Å². The highest BCUT2D eigenvalue weighted by Gasteiger charge is 2.32. The molecule has 2 aliphatic rings. The van der Waals surface area contributed by atoms with E-state index >= 15 is 0 Å². The molecule has 0 heterocycles. The standard InChI is InChI=1S/C26H30N2O6/c29-14-13-28(15-24(30)31)25(32)17-9-11-18(12-10-17)27-26(33)34-16-23-21-7-3-1-5-19(21)20-6-2-4-8-22(20)23/h1-8,17-18,23,29H,9-16H2,(H,27,33)(H,30,31). The van der Waals surface area contributed by atoms with E-state index in [0.29, 0.717) is 25.7 Å². The predicted octanol–water partition coefficient (Wildman–Crippen LogP) is 2.99. The molecule has 34 heavy (non-hydrogen) atoms. The second-order valence-corrected chi connectivity index (χ2v) is 8.90. The molecule has 0 unspecified atom stereocenters. The Bertz CT molecular complexity index is 1000. The van der Waals surface area contributed by atoms with E-state index in [9.17, 15) is 14.4 Å². The van der Waals surface area contributed by atoms with Crippen LogP contribution in [0.4, 0.5) is 4.79 Å². The quantitative estimate of drug-likeness (QED) is 0.551. The molecule has 2 aromatic rings. The number of amides is 2. The van der Waals surface area contributed by atoms with Crippen molar-refractivity contribution in [3.8, 4) is 11.1 Å². The molecule has 2 aliphatic carbocycles. The Morgan fingerprint density at radius 3 is 2.09 bits per heavy atom. The van der Waals surface area contributed by atoms with Gasteiger partial charge in [-0.05, 0) is 47.9 Å². The number of rotatable bonds is 8. The van der Waals surface area contributed by atoms with Crippen molar-refractivity contribution in [3.05, 3.63) is 59.7 Å². The number of benzene rings is 2. The van der Waals surface area contributed by atoms with E-state index < -0.39 is 18.6 Å². The minimum Gasteiger partial charge on any atom is -0.480 e. The van der Waals surface area contributed by atoms with Crippen molar-refractivity contribution < 1.29 is 29.3 Å². The third kappa shape index (κ3) is 5.22. The SMILES string of the molecule is O=C(O)CN(CCO)C(=O)C1CCC(NC(=O)OCC2c3ccccc3-c3ccccc32)CC1. The molecule has 4 rings (SSSR count). The molecular formula is C26H30N2O6. The van der Waals surface area contributed by atoms with Crippen LogP contribution >= 0.6 is 0 Å². The maximum Gasteiger partial charge on any atom is 0.407 e. The van der Waals surface area contributed by atoms with E-state index in [1.54, 1.807) is 0 Å². The van der Waals surface area contributed by atoms with Crippen LogP contribution in [0.5, 0.6) is 0 Å². The molecule has 1 saturated carbocycles. The fraction of sp³-hybridized carbons (Fsp3) is 0.423. The van der Waals surface area contributed by atoms with E-state index in [1.807, 2.05) is 24.3 Å². The first-order valence-electron chi connectivity index (χ1n) is 11.7. The summed E-state index contributed by atoms with van der Waals surface area (Å²) in [6.45, 7) is -0.447. The van der Waals surface area contributed by atoms with Crippen LogP contribution in [0.3, 0.4) is 0 Å². The van der Waals surface area contributed by atoms with Crippen LogP contribution in [0.15, 0.2) is 48.5 Å². The minimum atomic E-state index is -1.10. The van der Waals surface area contributed by atoms with E-state index in [0.717, 1.165) is 11.1 Å². The van der Waals surface area contributed by atoms with Crippen LogP contribution in [-0.4, -0.2) is 65.4 Å². The number of nitrogens with one attached hydrogen (secondary N) is 1. The number of carboxylic acid groups (broad SMARTS) is 1. The summed E-state index contributed by atoms with van der Waals surface area (Å²) in [6, 6.07) is 16.2. The van der Waals surface area contributed by atoms with Gasteiger partial charge in [-0.25, -0.2) is 4.79 Å². The molecule has 0 spiro atoms. The highest BCUT2D eigenvalue weighted by molar-refractivity contribution is 5.83. The van der Waals surface area contributed by atoms with Crippen LogP contribution in [0.25, 0.3) is 11.1 Å². The van der Waals surface area contributed by atoms with E-state index in [1.165, 1.54) is 16.0 Å². The van der Waals surface area contributed by atoms with E-state index in [-0.39, 0.29) is 43.5 Å². The summed E-state index contributed by atoms with van der Waals surface area (Å²) < 4.78 is 5.61. The molecular weight excluding hydrogens is 436 g/mol. The van der Waals surface area contributed by atoms with Gasteiger partial charge in [-0.3, -0.25) is 9.59 Å². The van der Waals surface area contributed by atoms with Crippen molar-refractivity contribution in [1.29, 1.82) is 0 Å². The molecule has 0 atom stereocenters. The van der Waals surface area contributed by atoms with Gasteiger partial charge < -0.3 is 25.2 Å². The summed E-state index contributed by atoms with van der Waals surface area (Å²) in [5.41, 5.74) is 4.66. The Morgan fingerprint density at radius 2 is 1.53 bits per heavy atom.